The number of nitrogens with zero attached hydrogens (tertiary/aromatic N) is 2. The molecule has 19 heavy (non-hydrogen) atoms. The molecule has 1 aliphatic rings. The second-order valence-electron chi connectivity index (χ2n) is 4.64. The van der Waals surface area contributed by atoms with E-state index in [1.54, 1.807) is 11.8 Å². The molecule has 2 unspecified atom stereocenters. The number of hydrogen-bond acceptors (Lipinski definition) is 5. The van der Waals surface area contributed by atoms with E-state index in [0.717, 1.165) is 29.0 Å². The quantitative estimate of drug-likeness (QED) is 0.873. The number of ether oxygens (including phenoxy) is 1. The lowest BCUT2D eigenvalue weighted by molar-refractivity contribution is 0.127. The van der Waals surface area contributed by atoms with Crippen molar-refractivity contribution < 1.29 is 4.74 Å². The second-order valence-corrected chi connectivity index (χ2v) is 5.87. The molecule has 0 spiro atoms. The molecule has 0 radical (unpaired) electrons. The molecule has 0 amide bonds. The summed E-state index contributed by atoms with van der Waals surface area (Å²) in [6, 6.07) is 8.14. The van der Waals surface area contributed by atoms with E-state index in [4.69, 9.17) is 4.74 Å². The van der Waals surface area contributed by atoms with Crippen molar-refractivity contribution >= 4 is 28.6 Å². The van der Waals surface area contributed by atoms with Crippen LogP contribution >= 0.6 is 11.8 Å². The molecular formula is C14H17N3OS. The number of hydrogen-bond donors (Lipinski definition) is 1. The Morgan fingerprint density at radius 2 is 2.16 bits per heavy atom. The van der Waals surface area contributed by atoms with Crippen LogP contribution in [0.15, 0.2) is 29.3 Å². The molecule has 100 valence electrons. The molecule has 0 bridgehead atoms. The first kappa shape index (κ1) is 12.7. The van der Waals surface area contributed by atoms with Gasteiger partial charge in [0.15, 0.2) is 0 Å². The molecule has 1 fully saturated rings. The highest BCUT2D eigenvalue weighted by Crippen LogP contribution is 2.35. The number of thioether (sulfide) groups is 1. The molecule has 1 aromatic heterocycles. The van der Waals surface area contributed by atoms with E-state index in [0.29, 0.717) is 11.2 Å². The summed E-state index contributed by atoms with van der Waals surface area (Å²) in [5.41, 5.74) is 0.982. The van der Waals surface area contributed by atoms with E-state index in [1.807, 2.05) is 25.2 Å². The maximum atomic E-state index is 5.63. The van der Waals surface area contributed by atoms with Gasteiger partial charge in [0.25, 0.3) is 0 Å². The second kappa shape index (κ2) is 5.35. The van der Waals surface area contributed by atoms with Gasteiger partial charge in [0.1, 0.15) is 5.03 Å². The van der Waals surface area contributed by atoms with Crippen LogP contribution < -0.4 is 5.32 Å². The van der Waals surface area contributed by atoms with Crippen molar-refractivity contribution in [2.24, 2.45) is 0 Å². The molecule has 1 aromatic carbocycles. The highest BCUT2D eigenvalue weighted by molar-refractivity contribution is 8.00. The van der Waals surface area contributed by atoms with E-state index < -0.39 is 0 Å². The number of aromatic nitrogens is 2. The summed E-state index contributed by atoms with van der Waals surface area (Å²) in [7, 11) is 1.85. The van der Waals surface area contributed by atoms with Crippen LogP contribution in [0.5, 0.6) is 0 Å². The zero-order valence-corrected chi connectivity index (χ0v) is 11.9. The van der Waals surface area contributed by atoms with Gasteiger partial charge in [-0.3, -0.25) is 0 Å². The summed E-state index contributed by atoms with van der Waals surface area (Å²) in [4.78, 5) is 9.08. The lowest BCUT2D eigenvalue weighted by Gasteiger charge is -2.14. The van der Waals surface area contributed by atoms with Gasteiger partial charge in [-0.05, 0) is 19.4 Å². The third kappa shape index (κ3) is 2.53. The van der Waals surface area contributed by atoms with Gasteiger partial charge in [-0.2, -0.15) is 0 Å². The van der Waals surface area contributed by atoms with Crippen molar-refractivity contribution in [3.63, 3.8) is 0 Å². The minimum atomic E-state index is 0.289. The molecule has 0 saturated carbocycles. The molecule has 4 nitrogen and oxygen atoms in total. The van der Waals surface area contributed by atoms with E-state index in [-0.39, 0.29) is 6.10 Å². The third-order valence-electron chi connectivity index (χ3n) is 3.36. The summed E-state index contributed by atoms with van der Waals surface area (Å²) in [6.45, 7) is 2.98. The van der Waals surface area contributed by atoms with Crippen LogP contribution in [0.25, 0.3) is 10.9 Å². The lowest BCUT2D eigenvalue weighted by Crippen LogP contribution is -2.13. The molecule has 2 aromatic rings. The Morgan fingerprint density at radius 3 is 2.89 bits per heavy atom. The summed E-state index contributed by atoms with van der Waals surface area (Å²) in [5.74, 6) is 0.674. The average Bonchev–Trinajstić information content (AvgIpc) is 2.84. The number of para-hydroxylation sites is 1. The van der Waals surface area contributed by atoms with Gasteiger partial charge in [-0.15, -0.1) is 0 Å². The third-order valence-corrected chi connectivity index (χ3v) is 4.82. The molecule has 1 saturated heterocycles. The molecule has 3 rings (SSSR count). The lowest BCUT2D eigenvalue weighted by atomic mass is 10.2. The van der Waals surface area contributed by atoms with Crippen LogP contribution in [-0.4, -0.2) is 35.0 Å². The standard InChI is InChI=1S/C14H17N3OS/c1-9-12(7-8-18-9)19-13-10-5-3-4-6-11(10)16-14(15-2)17-13/h3-6,9,12H,7-8H2,1-2H3,(H,15,16,17). The van der Waals surface area contributed by atoms with Gasteiger partial charge in [-0.25, -0.2) is 9.97 Å². The van der Waals surface area contributed by atoms with Crippen LogP contribution in [0.3, 0.4) is 0 Å². The van der Waals surface area contributed by atoms with Crippen molar-refractivity contribution in [1.82, 2.24) is 9.97 Å². The zero-order chi connectivity index (χ0) is 13.2. The molecule has 0 aliphatic carbocycles. The smallest absolute Gasteiger partial charge is 0.224 e. The largest absolute Gasteiger partial charge is 0.377 e. The Labute approximate surface area is 117 Å². The predicted molar refractivity (Wildman–Crippen MR) is 78.8 cm³/mol. The van der Waals surface area contributed by atoms with Gasteiger partial charge in [0.2, 0.25) is 5.95 Å². The first-order chi connectivity index (χ1) is 9.28. The maximum absolute atomic E-state index is 5.63. The Hall–Kier alpha value is -1.33. The van der Waals surface area contributed by atoms with E-state index in [1.165, 1.54) is 0 Å². The Bertz CT molecular complexity index is 590. The highest BCUT2D eigenvalue weighted by Gasteiger charge is 2.26. The maximum Gasteiger partial charge on any atom is 0.224 e. The van der Waals surface area contributed by atoms with Crippen LogP contribution in [0.1, 0.15) is 13.3 Å². The Kier molecular flexibility index (Phi) is 3.57. The zero-order valence-electron chi connectivity index (χ0n) is 11.1. The molecule has 1 aliphatic heterocycles. The predicted octanol–water partition coefficient (Wildman–Crippen LogP) is 2.94. The topological polar surface area (TPSA) is 47.0 Å². The molecule has 1 N–H and O–H groups in total. The normalized spacial score (nSPS) is 22.8. The van der Waals surface area contributed by atoms with Gasteiger partial charge < -0.3 is 10.1 Å². The van der Waals surface area contributed by atoms with Crippen LogP contribution in [0.4, 0.5) is 5.95 Å². The summed E-state index contributed by atoms with van der Waals surface area (Å²) >= 11 is 1.80. The summed E-state index contributed by atoms with van der Waals surface area (Å²) in [5, 5.41) is 5.66. The molecule has 5 heteroatoms. The monoisotopic (exact) mass is 275 g/mol. The van der Waals surface area contributed by atoms with E-state index >= 15 is 0 Å². The Morgan fingerprint density at radius 1 is 1.32 bits per heavy atom. The first-order valence-electron chi connectivity index (χ1n) is 6.50. The van der Waals surface area contributed by atoms with E-state index in [9.17, 15) is 0 Å². The number of nitrogens with one attached hydrogen (secondary N) is 1. The van der Waals surface area contributed by atoms with Gasteiger partial charge in [0.05, 0.1) is 11.6 Å². The molecule has 2 heterocycles. The van der Waals surface area contributed by atoms with Crippen molar-refractivity contribution in [2.75, 3.05) is 19.0 Å². The molecular weight excluding hydrogens is 258 g/mol. The fraction of sp³-hybridized carbons (Fsp3) is 0.429. The van der Waals surface area contributed by atoms with Crippen molar-refractivity contribution in [3.05, 3.63) is 24.3 Å². The number of benzene rings is 1. The fourth-order valence-electron chi connectivity index (χ4n) is 2.26. The first-order valence-corrected chi connectivity index (χ1v) is 7.38. The number of anilines is 1. The minimum absolute atomic E-state index is 0.289. The highest BCUT2D eigenvalue weighted by atomic mass is 32.2. The van der Waals surface area contributed by atoms with Crippen LogP contribution in [0.2, 0.25) is 0 Å². The van der Waals surface area contributed by atoms with Crippen molar-refractivity contribution in [1.29, 1.82) is 0 Å². The van der Waals surface area contributed by atoms with Gasteiger partial charge in [-0.1, -0.05) is 30.0 Å². The van der Waals surface area contributed by atoms with E-state index in [2.05, 4.69) is 28.3 Å². The van der Waals surface area contributed by atoms with Crippen LogP contribution in [-0.2, 0) is 4.74 Å². The fourth-order valence-corrected chi connectivity index (χ4v) is 3.47. The Balaban J connectivity index is 2.00. The average molecular weight is 275 g/mol. The SMILES string of the molecule is CNc1nc(SC2CCOC2C)c2ccccc2n1. The number of fused-ring (bicyclic) bond motifs is 1. The molecule has 2 atom stereocenters. The van der Waals surface area contributed by atoms with Gasteiger partial charge >= 0.3 is 0 Å². The van der Waals surface area contributed by atoms with Crippen LogP contribution in [0, 0.1) is 0 Å². The van der Waals surface area contributed by atoms with Crippen molar-refractivity contribution in [2.45, 2.75) is 29.7 Å². The summed E-state index contributed by atoms with van der Waals surface area (Å²) in [6.07, 6.45) is 1.37. The summed E-state index contributed by atoms with van der Waals surface area (Å²) < 4.78 is 5.63. The van der Waals surface area contributed by atoms with Crippen molar-refractivity contribution in [3.8, 4) is 0 Å². The number of rotatable bonds is 3. The van der Waals surface area contributed by atoms with Gasteiger partial charge in [0, 0.05) is 24.3 Å². The minimum Gasteiger partial charge on any atom is -0.377 e.